The first-order chi connectivity index (χ1) is 9.11. The Balaban J connectivity index is 1.78. The van der Waals surface area contributed by atoms with E-state index in [0.29, 0.717) is 6.04 Å². The highest BCUT2D eigenvalue weighted by Gasteiger charge is 2.28. The molecule has 0 aromatic rings. The van der Waals surface area contributed by atoms with Crippen molar-refractivity contribution in [2.24, 2.45) is 5.92 Å². The van der Waals surface area contributed by atoms with Crippen LogP contribution in [0, 0.1) is 5.92 Å². The number of hydrogen-bond acceptors (Lipinski definition) is 2. The van der Waals surface area contributed by atoms with E-state index in [4.69, 9.17) is 0 Å². The van der Waals surface area contributed by atoms with Crippen LogP contribution in [0.4, 0.5) is 4.79 Å². The van der Waals surface area contributed by atoms with Crippen LogP contribution in [0.15, 0.2) is 0 Å². The largest absolute Gasteiger partial charge is 0.325 e. The lowest BCUT2D eigenvalue weighted by molar-refractivity contribution is 0.0899. The molecule has 2 fully saturated rings. The molecule has 0 N–H and O–H groups in total. The lowest BCUT2D eigenvalue weighted by Crippen LogP contribution is -2.55. The van der Waals surface area contributed by atoms with E-state index < -0.39 is 0 Å². The van der Waals surface area contributed by atoms with Gasteiger partial charge in [-0.25, -0.2) is 4.79 Å². The molecule has 0 aliphatic carbocycles. The van der Waals surface area contributed by atoms with Crippen LogP contribution in [0.25, 0.3) is 0 Å². The fourth-order valence-corrected chi connectivity index (χ4v) is 3.16. The summed E-state index contributed by atoms with van der Waals surface area (Å²) in [7, 11) is 0. The minimum absolute atomic E-state index is 0.276. The Hall–Kier alpha value is -0.770. The number of rotatable bonds is 2. The van der Waals surface area contributed by atoms with Gasteiger partial charge in [-0.1, -0.05) is 13.3 Å². The number of hydrogen-bond donors (Lipinski definition) is 0. The van der Waals surface area contributed by atoms with Gasteiger partial charge in [0, 0.05) is 45.3 Å². The van der Waals surface area contributed by atoms with Gasteiger partial charge in [-0.2, -0.15) is 0 Å². The second kappa shape index (κ2) is 6.60. The molecule has 2 saturated heterocycles. The van der Waals surface area contributed by atoms with Crippen LogP contribution >= 0.6 is 0 Å². The minimum atomic E-state index is 0.276. The van der Waals surface area contributed by atoms with E-state index in [1.54, 1.807) is 0 Å². The van der Waals surface area contributed by atoms with Gasteiger partial charge < -0.3 is 9.80 Å². The van der Waals surface area contributed by atoms with Gasteiger partial charge in [0.25, 0.3) is 0 Å². The Labute approximate surface area is 117 Å². The normalized spacial score (nSPS) is 23.2. The van der Waals surface area contributed by atoms with E-state index >= 15 is 0 Å². The number of urea groups is 1. The van der Waals surface area contributed by atoms with Crippen LogP contribution in [0.2, 0.25) is 0 Å². The van der Waals surface area contributed by atoms with Crippen molar-refractivity contribution in [2.45, 2.75) is 46.1 Å². The predicted molar refractivity (Wildman–Crippen MR) is 78.3 cm³/mol. The van der Waals surface area contributed by atoms with Crippen molar-refractivity contribution >= 4 is 6.03 Å². The fraction of sp³-hybridized carbons (Fsp3) is 0.933. The molecule has 0 spiro atoms. The van der Waals surface area contributed by atoms with Crippen molar-refractivity contribution in [3.8, 4) is 0 Å². The van der Waals surface area contributed by atoms with Crippen LogP contribution in [0.1, 0.15) is 40.0 Å². The zero-order chi connectivity index (χ0) is 13.8. The molecule has 2 rings (SSSR count). The third-order valence-corrected chi connectivity index (χ3v) is 4.78. The monoisotopic (exact) mass is 267 g/mol. The number of likely N-dealkylation sites (tertiary alicyclic amines) is 1. The number of piperidine rings is 1. The van der Waals surface area contributed by atoms with Crippen LogP contribution in [-0.4, -0.2) is 66.0 Å². The summed E-state index contributed by atoms with van der Waals surface area (Å²) in [6, 6.07) is 0.871. The van der Waals surface area contributed by atoms with Crippen molar-refractivity contribution in [1.82, 2.24) is 14.7 Å². The van der Waals surface area contributed by atoms with Crippen LogP contribution in [-0.2, 0) is 0 Å². The molecule has 0 unspecified atom stereocenters. The molecule has 19 heavy (non-hydrogen) atoms. The molecule has 0 aromatic carbocycles. The first-order valence-electron chi connectivity index (χ1n) is 7.89. The van der Waals surface area contributed by atoms with Crippen LogP contribution in [0.3, 0.4) is 0 Å². The highest BCUT2D eigenvalue weighted by atomic mass is 16.2. The fourth-order valence-electron chi connectivity index (χ4n) is 3.16. The van der Waals surface area contributed by atoms with Gasteiger partial charge in [-0.15, -0.1) is 0 Å². The summed E-state index contributed by atoms with van der Waals surface area (Å²) in [5, 5.41) is 0. The average Bonchev–Trinajstić information content (AvgIpc) is 2.46. The Morgan fingerprint density at radius 1 is 1.00 bits per heavy atom. The third kappa shape index (κ3) is 3.62. The van der Waals surface area contributed by atoms with Gasteiger partial charge in [0.05, 0.1) is 0 Å². The average molecular weight is 267 g/mol. The van der Waals surface area contributed by atoms with Gasteiger partial charge in [0.15, 0.2) is 0 Å². The van der Waals surface area contributed by atoms with E-state index in [0.717, 1.165) is 45.2 Å². The molecular weight excluding hydrogens is 238 g/mol. The lowest BCUT2D eigenvalue weighted by atomic mass is 9.95. The van der Waals surface area contributed by atoms with Gasteiger partial charge in [-0.05, 0) is 32.6 Å². The van der Waals surface area contributed by atoms with E-state index in [2.05, 4.69) is 30.6 Å². The quantitative estimate of drug-likeness (QED) is 0.767. The van der Waals surface area contributed by atoms with Crippen molar-refractivity contribution < 1.29 is 4.79 Å². The van der Waals surface area contributed by atoms with Crippen LogP contribution in [0.5, 0.6) is 0 Å². The Morgan fingerprint density at radius 3 is 2.00 bits per heavy atom. The molecule has 0 saturated carbocycles. The second-order valence-corrected chi connectivity index (χ2v) is 6.24. The van der Waals surface area contributed by atoms with Crippen molar-refractivity contribution in [2.75, 3.05) is 39.3 Å². The molecular formula is C15H29N3O. The van der Waals surface area contributed by atoms with Gasteiger partial charge in [0.1, 0.15) is 0 Å². The molecule has 2 amide bonds. The van der Waals surface area contributed by atoms with E-state index in [-0.39, 0.29) is 6.03 Å². The first-order valence-corrected chi connectivity index (χ1v) is 7.89. The summed E-state index contributed by atoms with van der Waals surface area (Å²) in [5.74, 6) is 0.835. The van der Waals surface area contributed by atoms with Crippen LogP contribution < -0.4 is 0 Å². The smallest absolute Gasteiger partial charge is 0.320 e. The number of carbonyl (C=O) groups is 1. The molecule has 2 aliphatic heterocycles. The maximum Gasteiger partial charge on any atom is 0.320 e. The van der Waals surface area contributed by atoms with Gasteiger partial charge in [0.2, 0.25) is 0 Å². The molecule has 2 aliphatic rings. The molecule has 2 heterocycles. The Morgan fingerprint density at radius 2 is 1.53 bits per heavy atom. The molecule has 110 valence electrons. The van der Waals surface area contributed by atoms with E-state index in [1.165, 1.54) is 19.3 Å². The molecule has 0 aromatic heterocycles. The summed E-state index contributed by atoms with van der Waals surface area (Å²) in [4.78, 5) is 19.0. The predicted octanol–water partition coefficient (Wildman–Crippen LogP) is 2.25. The summed E-state index contributed by atoms with van der Waals surface area (Å²) in [5.41, 5.74) is 0. The topological polar surface area (TPSA) is 26.8 Å². The second-order valence-electron chi connectivity index (χ2n) is 6.24. The lowest BCUT2D eigenvalue weighted by Gasteiger charge is -2.40. The van der Waals surface area contributed by atoms with Crippen molar-refractivity contribution in [1.29, 1.82) is 0 Å². The third-order valence-electron chi connectivity index (χ3n) is 4.78. The zero-order valence-electron chi connectivity index (χ0n) is 12.8. The molecule has 4 heteroatoms. The summed E-state index contributed by atoms with van der Waals surface area (Å²) in [6.45, 7) is 12.5. The summed E-state index contributed by atoms with van der Waals surface area (Å²) < 4.78 is 0. The van der Waals surface area contributed by atoms with E-state index in [9.17, 15) is 4.79 Å². The maximum atomic E-state index is 12.5. The van der Waals surface area contributed by atoms with E-state index in [1.807, 2.05) is 4.90 Å². The molecule has 0 bridgehead atoms. The standard InChI is InChI=1S/C15H29N3O/c1-4-14-5-7-17(8-6-14)15(19)18-11-9-16(10-12-18)13(2)3/h13-14H,4-12H2,1-3H3. The van der Waals surface area contributed by atoms with Crippen molar-refractivity contribution in [3.05, 3.63) is 0 Å². The SMILES string of the molecule is CCC1CCN(C(=O)N2CCN(C(C)C)CC2)CC1. The number of carbonyl (C=O) groups excluding carboxylic acids is 1. The highest BCUT2D eigenvalue weighted by Crippen LogP contribution is 2.21. The molecule has 0 atom stereocenters. The highest BCUT2D eigenvalue weighted by molar-refractivity contribution is 5.74. The number of amides is 2. The van der Waals surface area contributed by atoms with Crippen molar-refractivity contribution in [3.63, 3.8) is 0 Å². The van der Waals surface area contributed by atoms with Gasteiger partial charge >= 0.3 is 6.03 Å². The Bertz CT molecular complexity index is 290. The number of piperazine rings is 1. The zero-order valence-corrected chi connectivity index (χ0v) is 12.8. The Kier molecular flexibility index (Phi) is 5.08. The summed E-state index contributed by atoms with van der Waals surface area (Å²) >= 11 is 0. The maximum absolute atomic E-state index is 12.5. The first kappa shape index (κ1) is 14.6. The molecule has 4 nitrogen and oxygen atoms in total. The van der Waals surface area contributed by atoms with Gasteiger partial charge in [-0.3, -0.25) is 4.90 Å². The summed E-state index contributed by atoms with van der Waals surface area (Å²) in [6.07, 6.45) is 3.64. The minimum Gasteiger partial charge on any atom is -0.325 e. The molecule has 0 radical (unpaired) electrons. The number of nitrogens with zero attached hydrogens (tertiary/aromatic N) is 3.